The number of halogens is 1. The Hall–Kier alpha value is -0.280. The molecule has 0 aliphatic carbocycles. The number of nitrogens with zero attached hydrogens (tertiary/aromatic N) is 1. The molecule has 1 aliphatic rings. The lowest BCUT2D eigenvalue weighted by Crippen LogP contribution is -2.43. The van der Waals surface area contributed by atoms with E-state index in [1.165, 1.54) is 6.42 Å². The number of likely N-dealkylation sites (tertiary alicyclic amines) is 1. The van der Waals surface area contributed by atoms with Gasteiger partial charge in [-0.1, -0.05) is 13.8 Å². The summed E-state index contributed by atoms with van der Waals surface area (Å²) in [5.74, 6) is 0.332. The van der Waals surface area contributed by atoms with Crippen molar-refractivity contribution in [1.82, 2.24) is 10.2 Å². The molecule has 1 rings (SSSR count). The molecule has 0 saturated carbocycles. The van der Waals surface area contributed by atoms with Gasteiger partial charge in [-0.25, -0.2) is 0 Å². The van der Waals surface area contributed by atoms with Crippen LogP contribution < -0.4 is 5.32 Å². The molecular formula is C12H25ClN2O. The SMILES string of the molecule is CNCCCC(=O)N1CCCC(C)(C)C1.Cl. The summed E-state index contributed by atoms with van der Waals surface area (Å²) in [6.45, 7) is 7.33. The van der Waals surface area contributed by atoms with Crippen LogP contribution in [0.15, 0.2) is 0 Å². The van der Waals surface area contributed by atoms with Crippen LogP contribution >= 0.6 is 12.4 Å². The topological polar surface area (TPSA) is 32.3 Å². The second kappa shape index (κ2) is 7.13. The highest BCUT2D eigenvalue weighted by molar-refractivity contribution is 5.85. The maximum Gasteiger partial charge on any atom is 0.222 e. The fourth-order valence-corrected chi connectivity index (χ4v) is 2.21. The van der Waals surface area contributed by atoms with E-state index in [4.69, 9.17) is 0 Å². The highest BCUT2D eigenvalue weighted by atomic mass is 35.5. The van der Waals surface area contributed by atoms with Gasteiger partial charge in [0.05, 0.1) is 0 Å². The first-order valence-corrected chi connectivity index (χ1v) is 5.97. The third kappa shape index (κ3) is 5.17. The number of amides is 1. The number of nitrogens with one attached hydrogen (secondary N) is 1. The number of hydrogen-bond donors (Lipinski definition) is 1. The van der Waals surface area contributed by atoms with Crippen LogP contribution in [0.1, 0.15) is 39.5 Å². The molecule has 0 bridgehead atoms. The standard InChI is InChI=1S/C12H24N2O.ClH/c1-12(2)7-5-9-14(10-12)11(15)6-4-8-13-3;/h13H,4-10H2,1-3H3;1H. The third-order valence-corrected chi connectivity index (χ3v) is 3.07. The van der Waals surface area contributed by atoms with Gasteiger partial charge in [-0.2, -0.15) is 0 Å². The van der Waals surface area contributed by atoms with Crippen LogP contribution in [0, 0.1) is 5.41 Å². The Kier molecular flexibility index (Phi) is 7.00. The number of carbonyl (C=O) groups excluding carboxylic acids is 1. The molecule has 0 spiro atoms. The molecule has 96 valence electrons. The molecule has 1 aliphatic heterocycles. The summed E-state index contributed by atoms with van der Waals surface area (Å²) in [4.78, 5) is 13.9. The zero-order chi connectivity index (χ0) is 11.3. The Morgan fingerprint density at radius 3 is 2.69 bits per heavy atom. The van der Waals surface area contributed by atoms with Gasteiger partial charge in [0.15, 0.2) is 0 Å². The third-order valence-electron chi connectivity index (χ3n) is 3.07. The van der Waals surface area contributed by atoms with Crippen LogP contribution in [0.2, 0.25) is 0 Å². The van der Waals surface area contributed by atoms with E-state index in [1.807, 2.05) is 11.9 Å². The number of carbonyl (C=O) groups is 1. The number of piperidine rings is 1. The summed E-state index contributed by atoms with van der Waals surface area (Å²) < 4.78 is 0. The molecule has 3 nitrogen and oxygen atoms in total. The highest BCUT2D eigenvalue weighted by Crippen LogP contribution is 2.28. The molecular weight excluding hydrogens is 224 g/mol. The van der Waals surface area contributed by atoms with E-state index in [0.29, 0.717) is 17.7 Å². The smallest absolute Gasteiger partial charge is 0.222 e. The van der Waals surface area contributed by atoms with Crippen LogP contribution in [0.4, 0.5) is 0 Å². The molecule has 1 amide bonds. The van der Waals surface area contributed by atoms with Gasteiger partial charge in [-0.05, 0) is 38.3 Å². The van der Waals surface area contributed by atoms with Crippen molar-refractivity contribution in [3.63, 3.8) is 0 Å². The predicted molar refractivity (Wildman–Crippen MR) is 70.0 cm³/mol. The lowest BCUT2D eigenvalue weighted by molar-refractivity contribution is -0.134. The molecule has 1 fully saturated rings. The molecule has 16 heavy (non-hydrogen) atoms. The normalized spacial score (nSPS) is 19.1. The Labute approximate surface area is 105 Å². The molecule has 1 N–H and O–H groups in total. The fraction of sp³-hybridized carbons (Fsp3) is 0.917. The van der Waals surface area contributed by atoms with Crippen LogP contribution in [-0.2, 0) is 4.79 Å². The van der Waals surface area contributed by atoms with E-state index in [1.54, 1.807) is 0 Å². The molecule has 0 aromatic rings. The summed E-state index contributed by atoms with van der Waals surface area (Å²) in [6.07, 6.45) is 4.04. The molecule has 0 atom stereocenters. The summed E-state index contributed by atoms with van der Waals surface area (Å²) in [7, 11) is 1.93. The zero-order valence-corrected chi connectivity index (χ0v) is 11.5. The molecule has 4 heteroatoms. The minimum Gasteiger partial charge on any atom is -0.342 e. The van der Waals surface area contributed by atoms with Crippen molar-refractivity contribution in [2.45, 2.75) is 39.5 Å². The second-order valence-corrected chi connectivity index (χ2v) is 5.29. The fourth-order valence-electron chi connectivity index (χ4n) is 2.21. The van der Waals surface area contributed by atoms with Crippen molar-refractivity contribution in [2.24, 2.45) is 5.41 Å². The Balaban J connectivity index is 0.00000225. The monoisotopic (exact) mass is 248 g/mol. The summed E-state index contributed by atoms with van der Waals surface area (Å²) in [5, 5.41) is 3.07. The average molecular weight is 249 g/mol. The van der Waals surface area contributed by atoms with Crippen molar-refractivity contribution >= 4 is 18.3 Å². The Morgan fingerprint density at radius 1 is 1.44 bits per heavy atom. The van der Waals surface area contributed by atoms with Gasteiger partial charge in [0.1, 0.15) is 0 Å². The first-order chi connectivity index (χ1) is 7.05. The molecule has 0 radical (unpaired) electrons. The van der Waals surface area contributed by atoms with Gasteiger partial charge in [0.2, 0.25) is 5.91 Å². The van der Waals surface area contributed by atoms with E-state index >= 15 is 0 Å². The van der Waals surface area contributed by atoms with Crippen LogP contribution in [0.25, 0.3) is 0 Å². The van der Waals surface area contributed by atoms with Crippen molar-refractivity contribution in [3.05, 3.63) is 0 Å². The molecule has 0 unspecified atom stereocenters. The van der Waals surface area contributed by atoms with Crippen LogP contribution in [0.5, 0.6) is 0 Å². The lowest BCUT2D eigenvalue weighted by Gasteiger charge is -2.38. The average Bonchev–Trinajstić information content (AvgIpc) is 2.16. The van der Waals surface area contributed by atoms with Gasteiger partial charge in [0, 0.05) is 19.5 Å². The van der Waals surface area contributed by atoms with Crippen molar-refractivity contribution < 1.29 is 4.79 Å². The largest absolute Gasteiger partial charge is 0.342 e. The highest BCUT2D eigenvalue weighted by Gasteiger charge is 2.28. The molecule has 0 aromatic carbocycles. The number of rotatable bonds is 4. The maximum absolute atomic E-state index is 11.9. The van der Waals surface area contributed by atoms with Gasteiger partial charge in [-0.15, -0.1) is 12.4 Å². The van der Waals surface area contributed by atoms with Crippen LogP contribution in [0.3, 0.4) is 0 Å². The summed E-state index contributed by atoms with van der Waals surface area (Å²) in [5.41, 5.74) is 0.316. The van der Waals surface area contributed by atoms with E-state index in [2.05, 4.69) is 19.2 Å². The Bertz CT molecular complexity index is 219. The van der Waals surface area contributed by atoms with Crippen molar-refractivity contribution in [3.8, 4) is 0 Å². The maximum atomic E-state index is 11.9. The molecule has 0 aromatic heterocycles. The van der Waals surface area contributed by atoms with Crippen molar-refractivity contribution in [2.75, 3.05) is 26.7 Å². The Morgan fingerprint density at radius 2 is 2.12 bits per heavy atom. The van der Waals surface area contributed by atoms with Gasteiger partial charge >= 0.3 is 0 Å². The number of hydrogen-bond acceptors (Lipinski definition) is 2. The first-order valence-electron chi connectivity index (χ1n) is 5.97. The van der Waals surface area contributed by atoms with Gasteiger partial charge in [0.25, 0.3) is 0 Å². The molecule has 1 saturated heterocycles. The zero-order valence-electron chi connectivity index (χ0n) is 10.7. The quantitative estimate of drug-likeness (QED) is 0.773. The first kappa shape index (κ1) is 15.7. The summed E-state index contributed by atoms with van der Waals surface area (Å²) >= 11 is 0. The van der Waals surface area contributed by atoms with Gasteiger partial charge < -0.3 is 10.2 Å². The van der Waals surface area contributed by atoms with Crippen LogP contribution in [-0.4, -0.2) is 37.5 Å². The van der Waals surface area contributed by atoms with Gasteiger partial charge in [-0.3, -0.25) is 4.79 Å². The molecule has 1 heterocycles. The lowest BCUT2D eigenvalue weighted by atomic mass is 9.84. The van der Waals surface area contributed by atoms with E-state index in [-0.39, 0.29) is 12.4 Å². The van der Waals surface area contributed by atoms with E-state index < -0.39 is 0 Å². The minimum absolute atomic E-state index is 0. The minimum atomic E-state index is 0. The second-order valence-electron chi connectivity index (χ2n) is 5.29. The van der Waals surface area contributed by atoms with Crippen molar-refractivity contribution in [1.29, 1.82) is 0 Å². The summed E-state index contributed by atoms with van der Waals surface area (Å²) in [6, 6.07) is 0. The van der Waals surface area contributed by atoms with E-state index in [9.17, 15) is 4.79 Å². The predicted octanol–water partition coefficient (Wildman–Crippen LogP) is 2.06. The van der Waals surface area contributed by atoms with E-state index in [0.717, 1.165) is 32.5 Å².